The molecule has 0 amide bonds. The lowest BCUT2D eigenvalue weighted by molar-refractivity contribution is 0.779. The predicted molar refractivity (Wildman–Crippen MR) is 63.6 cm³/mol. The summed E-state index contributed by atoms with van der Waals surface area (Å²) in [5.41, 5.74) is 5.17. The Labute approximate surface area is 89.4 Å². The van der Waals surface area contributed by atoms with Crippen LogP contribution in [0.4, 0.5) is 0 Å². The zero-order valence-electron chi connectivity index (χ0n) is 7.34. The number of hydrogen-bond acceptors (Lipinski definition) is 3. The highest BCUT2D eigenvalue weighted by molar-refractivity contribution is 8.23. The number of nitrogens with two attached hydrogens (primary N) is 1. The van der Waals surface area contributed by atoms with Crippen molar-refractivity contribution in [3.05, 3.63) is 0 Å². The SMILES string of the molecule is CCCCCSCSC(=N)N.Cl. The number of nitrogens with one attached hydrogen (secondary N) is 1. The summed E-state index contributed by atoms with van der Waals surface area (Å²) in [6.45, 7) is 2.20. The van der Waals surface area contributed by atoms with E-state index in [1.54, 1.807) is 0 Å². The van der Waals surface area contributed by atoms with Gasteiger partial charge >= 0.3 is 0 Å². The second-order valence-electron chi connectivity index (χ2n) is 2.24. The number of unbranched alkanes of at least 4 members (excludes halogenated alkanes) is 2. The van der Waals surface area contributed by atoms with Crippen LogP contribution in [0.1, 0.15) is 26.2 Å². The van der Waals surface area contributed by atoms with Crippen molar-refractivity contribution < 1.29 is 0 Å². The first-order valence-electron chi connectivity index (χ1n) is 3.82. The molecule has 0 rings (SSSR count). The quantitative estimate of drug-likeness (QED) is 0.318. The van der Waals surface area contributed by atoms with Crippen molar-refractivity contribution in [1.82, 2.24) is 0 Å². The maximum Gasteiger partial charge on any atom is 0.151 e. The average Bonchev–Trinajstić information content (AvgIpc) is 1.96. The van der Waals surface area contributed by atoms with Crippen LogP contribution in [0.2, 0.25) is 0 Å². The molecule has 0 aliphatic carbocycles. The molecule has 0 aliphatic heterocycles. The standard InChI is InChI=1S/C7H16N2S2.ClH/c1-2-3-4-5-10-6-11-7(8)9;/h2-6H2,1H3,(H3,8,9);1H. The molecular weight excluding hydrogens is 212 g/mol. The Morgan fingerprint density at radius 1 is 1.42 bits per heavy atom. The van der Waals surface area contributed by atoms with Gasteiger partial charge in [-0.25, -0.2) is 0 Å². The minimum absolute atomic E-state index is 0. The third-order valence-corrected chi connectivity index (χ3v) is 3.22. The molecule has 0 aromatic rings. The van der Waals surface area contributed by atoms with Crippen LogP contribution in [-0.2, 0) is 0 Å². The van der Waals surface area contributed by atoms with E-state index in [-0.39, 0.29) is 17.6 Å². The van der Waals surface area contributed by atoms with Crippen LogP contribution in [0.5, 0.6) is 0 Å². The van der Waals surface area contributed by atoms with Gasteiger partial charge in [0.1, 0.15) is 0 Å². The fourth-order valence-electron chi connectivity index (χ4n) is 0.618. The topological polar surface area (TPSA) is 49.9 Å². The lowest BCUT2D eigenvalue weighted by Crippen LogP contribution is -2.03. The molecule has 0 bridgehead atoms. The number of rotatable bonds is 6. The van der Waals surface area contributed by atoms with E-state index in [9.17, 15) is 0 Å². The first-order chi connectivity index (χ1) is 5.27. The van der Waals surface area contributed by atoms with Gasteiger partial charge in [0.15, 0.2) is 5.17 Å². The summed E-state index contributed by atoms with van der Waals surface area (Å²) < 4.78 is 0. The van der Waals surface area contributed by atoms with Gasteiger partial charge < -0.3 is 5.73 Å². The number of halogens is 1. The van der Waals surface area contributed by atoms with Gasteiger partial charge in [-0.3, -0.25) is 5.41 Å². The van der Waals surface area contributed by atoms with Gasteiger partial charge in [0, 0.05) is 5.08 Å². The number of thioether (sulfide) groups is 2. The third-order valence-electron chi connectivity index (χ3n) is 1.19. The van der Waals surface area contributed by atoms with Crippen molar-refractivity contribution in [2.75, 3.05) is 10.8 Å². The van der Waals surface area contributed by atoms with Gasteiger partial charge in [-0.1, -0.05) is 31.5 Å². The highest BCUT2D eigenvalue weighted by Gasteiger charge is 1.91. The normalized spacial score (nSPS) is 9.08. The molecule has 0 unspecified atom stereocenters. The molecule has 5 heteroatoms. The minimum atomic E-state index is 0. The molecule has 0 heterocycles. The van der Waals surface area contributed by atoms with Crippen molar-refractivity contribution >= 4 is 41.1 Å². The second kappa shape index (κ2) is 11.5. The van der Waals surface area contributed by atoms with E-state index in [0.29, 0.717) is 0 Å². The van der Waals surface area contributed by atoms with Crippen LogP contribution < -0.4 is 5.73 Å². The molecule has 74 valence electrons. The number of amidine groups is 1. The smallest absolute Gasteiger partial charge is 0.151 e. The predicted octanol–water partition coefficient (Wildman–Crippen LogP) is 2.92. The van der Waals surface area contributed by atoms with E-state index in [1.165, 1.54) is 36.8 Å². The molecule has 0 aromatic heterocycles. The molecule has 0 saturated heterocycles. The summed E-state index contributed by atoms with van der Waals surface area (Å²) in [6, 6.07) is 0. The summed E-state index contributed by atoms with van der Waals surface area (Å²) in [7, 11) is 0. The lowest BCUT2D eigenvalue weighted by atomic mass is 10.3. The molecule has 12 heavy (non-hydrogen) atoms. The van der Waals surface area contributed by atoms with Gasteiger partial charge in [-0.15, -0.1) is 12.4 Å². The van der Waals surface area contributed by atoms with Crippen LogP contribution in [0.25, 0.3) is 0 Å². The van der Waals surface area contributed by atoms with Crippen molar-refractivity contribution in [2.45, 2.75) is 26.2 Å². The lowest BCUT2D eigenvalue weighted by Gasteiger charge is -1.98. The van der Waals surface area contributed by atoms with Gasteiger partial charge in [-0.05, 0) is 12.2 Å². The Hall–Kier alpha value is 0.460. The second-order valence-corrected chi connectivity index (χ2v) is 4.73. The monoisotopic (exact) mass is 228 g/mol. The third kappa shape index (κ3) is 13.1. The molecule has 0 aromatic carbocycles. The van der Waals surface area contributed by atoms with E-state index in [4.69, 9.17) is 11.1 Å². The van der Waals surface area contributed by atoms with Crippen LogP contribution in [0, 0.1) is 5.41 Å². The van der Waals surface area contributed by atoms with Crippen molar-refractivity contribution in [3.8, 4) is 0 Å². The molecule has 0 aliphatic rings. The van der Waals surface area contributed by atoms with Gasteiger partial charge in [-0.2, -0.15) is 11.8 Å². The average molecular weight is 229 g/mol. The van der Waals surface area contributed by atoms with E-state index in [0.717, 1.165) is 5.08 Å². The maximum atomic E-state index is 6.94. The summed E-state index contributed by atoms with van der Waals surface area (Å²) >= 11 is 3.28. The van der Waals surface area contributed by atoms with Crippen LogP contribution in [0.3, 0.4) is 0 Å². The van der Waals surface area contributed by atoms with E-state index in [2.05, 4.69) is 6.92 Å². The molecule has 0 saturated carbocycles. The first-order valence-corrected chi connectivity index (χ1v) is 5.96. The van der Waals surface area contributed by atoms with Gasteiger partial charge in [0.2, 0.25) is 0 Å². The Bertz CT molecular complexity index is 112. The minimum Gasteiger partial charge on any atom is -0.379 e. The molecule has 0 atom stereocenters. The summed E-state index contributed by atoms with van der Waals surface area (Å²) in [5.74, 6) is 1.20. The van der Waals surface area contributed by atoms with Crippen LogP contribution in [0.15, 0.2) is 0 Å². The summed E-state index contributed by atoms with van der Waals surface area (Å²) in [6.07, 6.45) is 3.89. The van der Waals surface area contributed by atoms with E-state index < -0.39 is 0 Å². The Kier molecular flexibility index (Phi) is 14.3. The molecule has 3 N–H and O–H groups in total. The molecule has 0 radical (unpaired) electrons. The highest BCUT2D eigenvalue weighted by atomic mass is 35.5. The largest absolute Gasteiger partial charge is 0.379 e. The number of hydrogen-bond donors (Lipinski definition) is 2. The Balaban J connectivity index is 0. The fraction of sp³-hybridized carbons (Fsp3) is 0.857. The molecular formula is C7H17ClN2S2. The van der Waals surface area contributed by atoms with E-state index >= 15 is 0 Å². The van der Waals surface area contributed by atoms with Crippen LogP contribution in [-0.4, -0.2) is 16.0 Å². The van der Waals surface area contributed by atoms with Crippen molar-refractivity contribution in [2.24, 2.45) is 5.73 Å². The summed E-state index contributed by atoms with van der Waals surface area (Å²) in [5, 5.41) is 8.10. The first kappa shape index (κ1) is 15.0. The van der Waals surface area contributed by atoms with Crippen molar-refractivity contribution in [1.29, 1.82) is 5.41 Å². The maximum absolute atomic E-state index is 6.94. The zero-order valence-corrected chi connectivity index (χ0v) is 9.79. The van der Waals surface area contributed by atoms with Gasteiger partial charge in [0.25, 0.3) is 0 Å². The van der Waals surface area contributed by atoms with Crippen molar-refractivity contribution in [3.63, 3.8) is 0 Å². The zero-order chi connectivity index (χ0) is 8.53. The van der Waals surface area contributed by atoms with Crippen LogP contribution >= 0.6 is 35.9 Å². The molecule has 0 fully saturated rings. The summed E-state index contributed by atoms with van der Waals surface area (Å²) in [4.78, 5) is 0. The molecule has 2 nitrogen and oxygen atoms in total. The fourth-order valence-corrected chi connectivity index (χ4v) is 2.34. The highest BCUT2D eigenvalue weighted by Crippen LogP contribution is 2.13. The Morgan fingerprint density at radius 3 is 2.58 bits per heavy atom. The Morgan fingerprint density at radius 2 is 2.08 bits per heavy atom. The van der Waals surface area contributed by atoms with E-state index in [1.807, 2.05) is 11.8 Å². The van der Waals surface area contributed by atoms with Gasteiger partial charge in [0.05, 0.1) is 0 Å². The molecule has 0 spiro atoms.